The third-order valence-corrected chi connectivity index (χ3v) is 2.48. The molecular formula is C13H22N2O. The highest BCUT2D eigenvalue weighted by Crippen LogP contribution is 2.26. The zero-order valence-corrected chi connectivity index (χ0v) is 10.8. The first-order valence-corrected chi connectivity index (χ1v) is 5.51. The molecule has 0 bridgehead atoms. The summed E-state index contributed by atoms with van der Waals surface area (Å²) in [6.45, 7) is 8.86. The van der Waals surface area contributed by atoms with Gasteiger partial charge < -0.3 is 15.8 Å². The Morgan fingerprint density at radius 3 is 2.38 bits per heavy atom. The Kier molecular flexibility index (Phi) is 3.81. The van der Waals surface area contributed by atoms with Crippen molar-refractivity contribution in [3.63, 3.8) is 0 Å². The van der Waals surface area contributed by atoms with Crippen LogP contribution in [0.5, 0.6) is 5.75 Å². The zero-order chi connectivity index (χ0) is 12.3. The average Bonchev–Trinajstić information content (AvgIpc) is 2.17. The average molecular weight is 222 g/mol. The third kappa shape index (κ3) is 3.42. The van der Waals surface area contributed by atoms with Crippen LogP contribution in [-0.2, 0) is 0 Å². The third-order valence-electron chi connectivity index (χ3n) is 2.48. The number of benzene rings is 1. The van der Waals surface area contributed by atoms with Crippen molar-refractivity contribution in [3.05, 3.63) is 23.3 Å². The van der Waals surface area contributed by atoms with Gasteiger partial charge in [-0.3, -0.25) is 0 Å². The molecule has 0 fully saturated rings. The summed E-state index contributed by atoms with van der Waals surface area (Å²) in [5, 5.41) is 3.36. The summed E-state index contributed by atoms with van der Waals surface area (Å²) in [6, 6.07) is 4.14. The fourth-order valence-electron chi connectivity index (χ4n) is 1.52. The first-order chi connectivity index (χ1) is 7.33. The molecule has 0 aliphatic carbocycles. The molecule has 0 saturated carbocycles. The van der Waals surface area contributed by atoms with Gasteiger partial charge in [-0.25, -0.2) is 0 Å². The molecule has 0 heterocycles. The van der Waals surface area contributed by atoms with Crippen LogP contribution in [0.15, 0.2) is 12.1 Å². The van der Waals surface area contributed by atoms with Gasteiger partial charge in [-0.1, -0.05) is 0 Å². The van der Waals surface area contributed by atoms with Crippen LogP contribution in [-0.4, -0.2) is 19.2 Å². The summed E-state index contributed by atoms with van der Waals surface area (Å²) in [7, 11) is 1.69. The van der Waals surface area contributed by atoms with Crippen LogP contribution in [0.2, 0.25) is 0 Å². The van der Waals surface area contributed by atoms with E-state index in [-0.39, 0.29) is 5.54 Å². The Balaban J connectivity index is 2.86. The molecule has 0 unspecified atom stereocenters. The summed E-state index contributed by atoms with van der Waals surface area (Å²) in [6.07, 6.45) is 0. The number of methoxy groups -OCH3 is 1. The molecule has 3 heteroatoms. The minimum absolute atomic E-state index is 0.208. The van der Waals surface area contributed by atoms with Crippen molar-refractivity contribution in [3.8, 4) is 5.75 Å². The van der Waals surface area contributed by atoms with Crippen molar-refractivity contribution >= 4 is 5.69 Å². The number of hydrogen-bond donors (Lipinski definition) is 2. The standard InChI is InChI=1S/C13H22N2O/c1-9-7-12(16-5)10(2)6-11(9)15-8-13(3,4)14/h6-7,15H,8,14H2,1-5H3. The van der Waals surface area contributed by atoms with Gasteiger partial charge in [0, 0.05) is 17.8 Å². The normalized spacial score (nSPS) is 11.4. The van der Waals surface area contributed by atoms with Gasteiger partial charge in [0.15, 0.2) is 0 Å². The minimum Gasteiger partial charge on any atom is -0.496 e. The van der Waals surface area contributed by atoms with E-state index < -0.39 is 0 Å². The molecule has 0 amide bonds. The highest BCUT2D eigenvalue weighted by molar-refractivity contribution is 5.57. The monoisotopic (exact) mass is 222 g/mol. The van der Waals surface area contributed by atoms with Crippen molar-refractivity contribution in [2.24, 2.45) is 5.73 Å². The maximum absolute atomic E-state index is 5.94. The molecular weight excluding hydrogens is 200 g/mol. The van der Waals surface area contributed by atoms with Gasteiger partial charge in [0.2, 0.25) is 0 Å². The van der Waals surface area contributed by atoms with E-state index in [1.807, 2.05) is 26.8 Å². The predicted molar refractivity (Wildman–Crippen MR) is 69.2 cm³/mol. The topological polar surface area (TPSA) is 47.3 Å². The second-order valence-electron chi connectivity index (χ2n) is 4.98. The lowest BCUT2D eigenvalue weighted by Crippen LogP contribution is -2.39. The van der Waals surface area contributed by atoms with Crippen molar-refractivity contribution in [2.75, 3.05) is 19.0 Å². The Hall–Kier alpha value is -1.22. The van der Waals surface area contributed by atoms with Gasteiger partial charge >= 0.3 is 0 Å². The Labute approximate surface area is 98.0 Å². The molecule has 90 valence electrons. The van der Waals surface area contributed by atoms with E-state index in [9.17, 15) is 0 Å². The van der Waals surface area contributed by atoms with Crippen LogP contribution in [0.3, 0.4) is 0 Å². The maximum atomic E-state index is 5.94. The van der Waals surface area contributed by atoms with E-state index in [2.05, 4.69) is 18.3 Å². The first kappa shape index (κ1) is 12.8. The van der Waals surface area contributed by atoms with Gasteiger partial charge in [0.25, 0.3) is 0 Å². The van der Waals surface area contributed by atoms with Crippen molar-refractivity contribution < 1.29 is 4.74 Å². The Morgan fingerprint density at radius 2 is 1.88 bits per heavy atom. The quantitative estimate of drug-likeness (QED) is 0.822. The zero-order valence-electron chi connectivity index (χ0n) is 10.8. The molecule has 1 aromatic carbocycles. The summed E-state index contributed by atoms with van der Waals surface area (Å²) in [4.78, 5) is 0. The molecule has 0 aliphatic rings. The van der Waals surface area contributed by atoms with E-state index in [1.54, 1.807) is 7.11 Å². The van der Waals surface area contributed by atoms with Crippen molar-refractivity contribution in [2.45, 2.75) is 33.2 Å². The van der Waals surface area contributed by atoms with Crippen LogP contribution in [0.25, 0.3) is 0 Å². The number of ether oxygens (including phenoxy) is 1. The highest BCUT2D eigenvalue weighted by Gasteiger charge is 2.11. The Morgan fingerprint density at radius 1 is 1.25 bits per heavy atom. The van der Waals surface area contributed by atoms with Gasteiger partial charge in [0.05, 0.1) is 7.11 Å². The molecule has 1 aromatic rings. The molecule has 0 radical (unpaired) electrons. The van der Waals surface area contributed by atoms with E-state index in [0.29, 0.717) is 0 Å². The van der Waals surface area contributed by atoms with E-state index in [1.165, 1.54) is 5.56 Å². The summed E-state index contributed by atoms with van der Waals surface area (Å²) >= 11 is 0. The first-order valence-electron chi connectivity index (χ1n) is 5.51. The Bertz CT molecular complexity index is 367. The SMILES string of the molecule is COc1cc(C)c(NCC(C)(C)N)cc1C. The predicted octanol–water partition coefficient (Wildman–Crippen LogP) is 2.46. The molecule has 0 atom stereocenters. The van der Waals surface area contributed by atoms with Gasteiger partial charge in [-0.2, -0.15) is 0 Å². The molecule has 0 aliphatic heterocycles. The number of nitrogens with one attached hydrogen (secondary N) is 1. The van der Waals surface area contributed by atoms with Gasteiger partial charge in [-0.05, 0) is 51.0 Å². The van der Waals surface area contributed by atoms with Gasteiger partial charge in [-0.15, -0.1) is 0 Å². The van der Waals surface area contributed by atoms with Gasteiger partial charge in [0.1, 0.15) is 5.75 Å². The summed E-state index contributed by atoms with van der Waals surface area (Å²) in [5.41, 5.74) is 9.16. The number of hydrogen-bond acceptors (Lipinski definition) is 3. The lowest BCUT2D eigenvalue weighted by atomic mass is 10.1. The highest BCUT2D eigenvalue weighted by atomic mass is 16.5. The lowest BCUT2D eigenvalue weighted by molar-refractivity contribution is 0.411. The maximum Gasteiger partial charge on any atom is 0.122 e. The van der Waals surface area contributed by atoms with E-state index in [4.69, 9.17) is 10.5 Å². The second kappa shape index (κ2) is 4.74. The molecule has 0 aromatic heterocycles. The molecule has 0 spiro atoms. The molecule has 0 saturated heterocycles. The number of rotatable bonds is 4. The fourth-order valence-corrected chi connectivity index (χ4v) is 1.52. The van der Waals surface area contributed by atoms with Crippen LogP contribution in [0.1, 0.15) is 25.0 Å². The molecule has 3 N–H and O–H groups in total. The number of nitrogens with two attached hydrogens (primary N) is 1. The van der Waals surface area contributed by atoms with Crippen LogP contribution in [0, 0.1) is 13.8 Å². The minimum atomic E-state index is -0.208. The summed E-state index contributed by atoms with van der Waals surface area (Å²) in [5.74, 6) is 0.926. The summed E-state index contributed by atoms with van der Waals surface area (Å²) < 4.78 is 5.27. The van der Waals surface area contributed by atoms with E-state index >= 15 is 0 Å². The molecule has 1 rings (SSSR count). The molecule has 3 nitrogen and oxygen atoms in total. The van der Waals surface area contributed by atoms with Crippen LogP contribution < -0.4 is 15.8 Å². The second-order valence-corrected chi connectivity index (χ2v) is 4.98. The molecule has 16 heavy (non-hydrogen) atoms. The largest absolute Gasteiger partial charge is 0.496 e. The van der Waals surface area contributed by atoms with Crippen LogP contribution >= 0.6 is 0 Å². The number of aryl methyl sites for hydroxylation is 2. The smallest absolute Gasteiger partial charge is 0.122 e. The van der Waals surface area contributed by atoms with Crippen molar-refractivity contribution in [1.29, 1.82) is 0 Å². The van der Waals surface area contributed by atoms with Crippen molar-refractivity contribution in [1.82, 2.24) is 0 Å². The van der Waals surface area contributed by atoms with Crippen LogP contribution in [0.4, 0.5) is 5.69 Å². The van der Waals surface area contributed by atoms with E-state index in [0.717, 1.165) is 23.5 Å². The lowest BCUT2D eigenvalue weighted by Gasteiger charge is -2.21. The number of anilines is 1. The fraction of sp³-hybridized carbons (Fsp3) is 0.538.